The van der Waals surface area contributed by atoms with Crippen molar-refractivity contribution in [1.82, 2.24) is 0 Å². The molecule has 0 rings (SSSR count). The van der Waals surface area contributed by atoms with Crippen LogP contribution in [0.4, 0.5) is 0 Å². The molecule has 0 N–H and O–H groups in total. The fraction of sp³-hybridized carbons (Fsp3) is 0.779. The highest BCUT2D eigenvalue weighted by atomic mass is 16.6. The molecule has 74 heavy (non-hydrogen) atoms. The molecule has 0 amide bonds. The Kier molecular flexibility index (Phi) is 59.7. The van der Waals surface area contributed by atoms with Gasteiger partial charge in [-0.3, -0.25) is 14.4 Å². The van der Waals surface area contributed by atoms with Gasteiger partial charge in [0.1, 0.15) is 13.2 Å². The molecule has 0 heterocycles. The highest BCUT2D eigenvalue weighted by molar-refractivity contribution is 5.71. The zero-order chi connectivity index (χ0) is 53.6. The van der Waals surface area contributed by atoms with Crippen molar-refractivity contribution in [3.05, 3.63) is 72.9 Å². The molecule has 0 aromatic rings. The molecule has 0 aromatic heterocycles. The largest absolute Gasteiger partial charge is 0.462 e. The smallest absolute Gasteiger partial charge is 0.306 e. The minimum absolute atomic E-state index is 0.0753. The van der Waals surface area contributed by atoms with Gasteiger partial charge in [-0.25, -0.2) is 0 Å². The summed E-state index contributed by atoms with van der Waals surface area (Å²) in [6, 6.07) is 0. The first-order chi connectivity index (χ1) is 36.5. The first-order valence-corrected chi connectivity index (χ1v) is 31.9. The molecule has 1 atom stereocenters. The maximum absolute atomic E-state index is 12.9. The zero-order valence-electron chi connectivity index (χ0n) is 49.1. The number of unbranched alkanes of at least 4 members (excludes halogenated alkanes) is 35. The second-order valence-electron chi connectivity index (χ2n) is 21.3. The van der Waals surface area contributed by atoms with Gasteiger partial charge < -0.3 is 14.2 Å². The van der Waals surface area contributed by atoms with Crippen LogP contribution in [0.15, 0.2) is 72.9 Å². The van der Waals surface area contributed by atoms with Crippen molar-refractivity contribution in [2.45, 2.75) is 329 Å². The van der Waals surface area contributed by atoms with Crippen LogP contribution in [0.2, 0.25) is 0 Å². The van der Waals surface area contributed by atoms with Crippen LogP contribution in [0, 0.1) is 0 Å². The van der Waals surface area contributed by atoms with Crippen molar-refractivity contribution < 1.29 is 28.6 Å². The van der Waals surface area contributed by atoms with Crippen LogP contribution in [0.5, 0.6) is 0 Å². The minimum Gasteiger partial charge on any atom is -0.462 e. The normalized spacial score (nSPS) is 12.5. The first-order valence-electron chi connectivity index (χ1n) is 31.9. The van der Waals surface area contributed by atoms with Gasteiger partial charge >= 0.3 is 17.9 Å². The molecular weight excluding hydrogens is 913 g/mol. The maximum atomic E-state index is 12.9. The molecule has 428 valence electrons. The van der Waals surface area contributed by atoms with Gasteiger partial charge in [0, 0.05) is 19.3 Å². The fourth-order valence-corrected chi connectivity index (χ4v) is 9.17. The Morgan fingerprint density at radius 1 is 0.284 bits per heavy atom. The summed E-state index contributed by atoms with van der Waals surface area (Å²) in [6.45, 7) is 6.53. The Bertz CT molecular complexity index is 1370. The number of hydrogen-bond acceptors (Lipinski definition) is 6. The van der Waals surface area contributed by atoms with E-state index in [-0.39, 0.29) is 31.1 Å². The number of carbonyl (C=O) groups is 3. The van der Waals surface area contributed by atoms with E-state index in [2.05, 4.69) is 93.7 Å². The summed E-state index contributed by atoms with van der Waals surface area (Å²) in [5.41, 5.74) is 0. The lowest BCUT2D eigenvalue weighted by atomic mass is 10.0. The lowest BCUT2D eigenvalue weighted by molar-refractivity contribution is -0.167. The molecule has 6 heteroatoms. The van der Waals surface area contributed by atoms with Crippen LogP contribution < -0.4 is 0 Å². The molecule has 0 saturated heterocycles. The summed E-state index contributed by atoms with van der Waals surface area (Å²) >= 11 is 0. The number of ether oxygens (including phenoxy) is 3. The molecule has 0 aliphatic carbocycles. The summed E-state index contributed by atoms with van der Waals surface area (Å²) in [4.78, 5) is 38.3. The third-order valence-corrected chi connectivity index (χ3v) is 13.9. The van der Waals surface area contributed by atoms with Crippen molar-refractivity contribution >= 4 is 17.9 Å². The Balaban J connectivity index is 4.30. The van der Waals surface area contributed by atoms with Crippen molar-refractivity contribution in [2.75, 3.05) is 13.2 Å². The predicted molar refractivity (Wildman–Crippen MR) is 321 cm³/mol. The van der Waals surface area contributed by atoms with E-state index in [9.17, 15) is 14.4 Å². The molecule has 0 aromatic carbocycles. The van der Waals surface area contributed by atoms with E-state index in [1.807, 2.05) is 0 Å². The molecule has 0 aliphatic rings. The quantitative estimate of drug-likeness (QED) is 0.0261. The van der Waals surface area contributed by atoms with Gasteiger partial charge in [-0.05, 0) is 89.9 Å². The Morgan fingerprint density at radius 2 is 0.527 bits per heavy atom. The molecule has 0 fully saturated rings. The van der Waals surface area contributed by atoms with Crippen LogP contribution in [0.25, 0.3) is 0 Å². The van der Waals surface area contributed by atoms with Crippen molar-refractivity contribution in [2.24, 2.45) is 0 Å². The molecular formula is C68H120O6. The topological polar surface area (TPSA) is 78.9 Å². The van der Waals surface area contributed by atoms with E-state index >= 15 is 0 Å². The second kappa shape index (κ2) is 62.4. The SMILES string of the molecule is CC/C=C\C/C=C\C/C=C\C/C=C\CCCCCCCCCCCCCCC(=O)OCC(COC(=O)CCCCCCCCCCCCCCCC)OC(=O)CCCCCCCCC/C=C\C/C=C\CCCCC. The number of carbonyl (C=O) groups excluding carboxylic acids is 3. The van der Waals surface area contributed by atoms with Gasteiger partial charge in [0.25, 0.3) is 0 Å². The number of hydrogen-bond donors (Lipinski definition) is 0. The molecule has 0 bridgehead atoms. The van der Waals surface area contributed by atoms with E-state index in [0.29, 0.717) is 19.3 Å². The van der Waals surface area contributed by atoms with Crippen molar-refractivity contribution in [3.8, 4) is 0 Å². The number of esters is 3. The average Bonchev–Trinajstić information content (AvgIpc) is 3.40. The second-order valence-corrected chi connectivity index (χ2v) is 21.3. The van der Waals surface area contributed by atoms with Gasteiger partial charge in [-0.2, -0.15) is 0 Å². The van der Waals surface area contributed by atoms with Crippen LogP contribution in [0.3, 0.4) is 0 Å². The zero-order valence-corrected chi connectivity index (χ0v) is 49.1. The molecule has 6 nitrogen and oxygen atoms in total. The van der Waals surface area contributed by atoms with Gasteiger partial charge in [-0.1, -0.05) is 286 Å². The lowest BCUT2D eigenvalue weighted by Crippen LogP contribution is -2.30. The van der Waals surface area contributed by atoms with Crippen LogP contribution in [-0.2, 0) is 28.6 Å². The van der Waals surface area contributed by atoms with Gasteiger partial charge in [0.15, 0.2) is 6.10 Å². The van der Waals surface area contributed by atoms with E-state index in [4.69, 9.17) is 14.2 Å². The highest BCUT2D eigenvalue weighted by Gasteiger charge is 2.19. The monoisotopic (exact) mass is 1030 g/mol. The predicted octanol–water partition coefficient (Wildman–Crippen LogP) is 21.7. The Morgan fingerprint density at radius 3 is 0.851 bits per heavy atom. The average molecular weight is 1030 g/mol. The van der Waals surface area contributed by atoms with E-state index in [1.54, 1.807) is 0 Å². The fourth-order valence-electron chi connectivity index (χ4n) is 9.17. The molecule has 0 spiro atoms. The number of rotatable bonds is 58. The van der Waals surface area contributed by atoms with E-state index in [0.717, 1.165) is 96.3 Å². The lowest BCUT2D eigenvalue weighted by Gasteiger charge is -2.18. The Hall–Kier alpha value is -3.15. The van der Waals surface area contributed by atoms with Crippen LogP contribution in [-0.4, -0.2) is 37.2 Å². The van der Waals surface area contributed by atoms with Gasteiger partial charge in [-0.15, -0.1) is 0 Å². The van der Waals surface area contributed by atoms with Gasteiger partial charge in [0.2, 0.25) is 0 Å². The summed E-state index contributed by atoms with van der Waals surface area (Å²) in [5, 5.41) is 0. The van der Waals surface area contributed by atoms with Crippen molar-refractivity contribution in [1.29, 1.82) is 0 Å². The van der Waals surface area contributed by atoms with Crippen molar-refractivity contribution in [3.63, 3.8) is 0 Å². The standard InChI is InChI=1S/C68H120O6/c1-4-7-10-13-16-19-22-25-28-30-31-32-33-34-35-36-37-39-40-43-46-49-52-55-58-61-67(70)73-64-65(63-72-66(69)60-57-54-51-48-45-42-27-24-21-18-15-12-9-6-3)74-68(71)62-59-56-53-50-47-44-41-38-29-26-23-20-17-14-11-8-5-2/h7,10,16-17,19-20,25-26,28-29,31-32,65H,4-6,8-9,11-15,18,21-24,27,30,33-64H2,1-3H3/b10-7-,19-16-,20-17-,28-25-,29-26-,32-31-. The number of allylic oxidation sites excluding steroid dienone is 12. The molecule has 1 unspecified atom stereocenters. The van der Waals surface area contributed by atoms with Gasteiger partial charge in [0.05, 0.1) is 0 Å². The summed E-state index contributed by atoms with van der Waals surface area (Å²) in [7, 11) is 0. The first kappa shape index (κ1) is 70.8. The Labute approximate surface area is 459 Å². The van der Waals surface area contributed by atoms with Crippen LogP contribution >= 0.6 is 0 Å². The third kappa shape index (κ3) is 59.7. The molecule has 0 aliphatic heterocycles. The van der Waals surface area contributed by atoms with Crippen LogP contribution in [0.1, 0.15) is 323 Å². The summed E-state index contributed by atoms with van der Waals surface area (Å²) in [5.74, 6) is -0.869. The molecule has 0 saturated carbocycles. The highest BCUT2D eigenvalue weighted by Crippen LogP contribution is 2.17. The minimum atomic E-state index is -0.779. The third-order valence-electron chi connectivity index (χ3n) is 13.9. The molecule has 0 radical (unpaired) electrons. The maximum Gasteiger partial charge on any atom is 0.306 e. The van der Waals surface area contributed by atoms with E-state index < -0.39 is 6.10 Å². The summed E-state index contributed by atoms with van der Waals surface area (Å²) in [6.07, 6.45) is 80.4. The summed E-state index contributed by atoms with van der Waals surface area (Å²) < 4.78 is 16.9. The van der Waals surface area contributed by atoms with E-state index in [1.165, 1.54) is 186 Å².